The van der Waals surface area contributed by atoms with Crippen molar-refractivity contribution in [3.05, 3.63) is 77.4 Å². The van der Waals surface area contributed by atoms with Gasteiger partial charge in [0.25, 0.3) is 5.91 Å². The van der Waals surface area contributed by atoms with Crippen molar-refractivity contribution < 1.29 is 14.0 Å². The van der Waals surface area contributed by atoms with E-state index in [2.05, 4.69) is 18.8 Å². The number of H-pyrrole nitrogens is 1. The Bertz CT molecular complexity index is 1130. The fraction of sp³-hybridized carbons (Fsp3) is 0.250. The highest BCUT2D eigenvalue weighted by Gasteiger charge is 2.27. The zero-order valence-electron chi connectivity index (χ0n) is 16.9. The van der Waals surface area contributed by atoms with Gasteiger partial charge in [0.2, 0.25) is 5.12 Å². The molecule has 4 nitrogen and oxygen atoms in total. The number of hydrogen-bond donors (Lipinski definition) is 1. The number of benzene rings is 2. The third-order valence-electron chi connectivity index (χ3n) is 5.09. The minimum atomic E-state index is -0.389. The van der Waals surface area contributed by atoms with Crippen molar-refractivity contribution in [2.24, 2.45) is 5.92 Å². The Labute approximate surface area is 179 Å². The first kappa shape index (κ1) is 20.4. The second kappa shape index (κ2) is 8.48. The predicted octanol–water partition coefficient (Wildman–Crippen LogP) is 5.26. The molecule has 1 aliphatic heterocycles. The van der Waals surface area contributed by atoms with Gasteiger partial charge in [0, 0.05) is 35.0 Å². The van der Waals surface area contributed by atoms with Crippen LogP contribution in [-0.4, -0.2) is 33.2 Å². The van der Waals surface area contributed by atoms with Crippen LogP contribution in [0.5, 0.6) is 0 Å². The first-order valence-corrected chi connectivity index (χ1v) is 11.0. The Morgan fingerprint density at radius 2 is 1.87 bits per heavy atom. The van der Waals surface area contributed by atoms with E-state index in [0.717, 1.165) is 22.2 Å². The Kier molecular flexibility index (Phi) is 5.77. The van der Waals surface area contributed by atoms with Gasteiger partial charge in [0.15, 0.2) is 0 Å². The lowest BCUT2D eigenvalue weighted by Crippen LogP contribution is -2.27. The normalized spacial score (nSPS) is 13.9. The predicted molar refractivity (Wildman–Crippen MR) is 120 cm³/mol. The van der Waals surface area contributed by atoms with Crippen molar-refractivity contribution in [1.29, 1.82) is 0 Å². The number of amides is 1. The summed E-state index contributed by atoms with van der Waals surface area (Å²) in [5, 5.41) is 1.01. The first-order valence-electron chi connectivity index (χ1n) is 9.99. The van der Waals surface area contributed by atoms with Crippen LogP contribution in [-0.2, 0) is 11.2 Å². The molecule has 1 aliphatic rings. The molecular weight excluding hydrogens is 399 g/mol. The molecule has 154 valence electrons. The van der Waals surface area contributed by atoms with Crippen LogP contribution < -0.4 is 0 Å². The third-order valence-corrected chi connectivity index (χ3v) is 6.41. The number of rotatable bonds is 4. The van der Waals surface area contributed by atoms with E-state index in [4.69, 9.17) is 0 Å². The maximum Gasteiger partial charge on any atom is 0.257 e. The summed E-state index contributed by atoms with van der Waals surface area (Å²) in [6.07, 6.45) is 2.27. The maximum absolute atomic E-state index is 13.3. The smallest absolute Gasteiger partial charge is 0.257 e. The molecule has 1 amide bonds. The number of thioether (sulfide) groups is 1. The molecule has 0 aliphatic carbocycles. The molecule has 0 spiro atoms. The summed E-state index contributed by atoms with van der Waals surface area (Å²) in [4.78, 5) is 31.2. The number of para-hydroxylation sites is 1. The topological polar surface area (TPSA) is 53.2 Å². The van der Waals surface area contributed by atoms with Crippen molar-refractivity contribution in [2.75, 3.05) is 12.3 Å². The van der Waals surface area contributed by atoms with Crippen molar-refractivity contribution in [1.82, 2.24) is 9.88 Å². The van der Waals surface area contributed by atoms with Crippen molar-refractivity contribution in [2.45, 2.75) is 20.3 Å². The highest BCUT2D eigenvalue weighted by atomic mass is 32.2. The van der Waals surface area contributed by atoms with Crippen LogP contribution in [0.15, 0.2) is 54.7 Å². The Hall–Kier alpha value is -2.86. The summed E-state index contributed by atoms with van der Waals surface area (Å²) in [5.74, 6) is 0.450. The Balaban J connectivity index is 1.75. The number of carbonyl (C=O) groups excluding carboxylic acids is 2. The van der Waals surface area contributed by atoms with Gasteiger partial charge in [0.1, 0.15) is 5.82 Å². The molecule has 30 heavy (non-hydrogen) atoms. The summed E-state index contributed by atoms with van der Waals surface area (Å²) < 4.78 is 13.3. The standard InChI is InChI=1S/C24H23FN2O2S/c1-15(2)14-30-24(29)20-13-27(23(28)16-7-9-17(25)10-8-16)12-11-19-18-5-3-4-6-21(18)26-22(19)20/h3-10,13,15,26H,11-12,14H2,1-2H3. The molecule has 0 saturated carbocycles. The molecule has 2 aromatic carbocycles. The molecule has 0 saturated heterocycles. The zero-order valence-corrected chi connectivity index (χ0v) is 17.8. The molecule has 0 bridgehead atoms. The van der Waals surface area contributed by atoms with Gasteiger partial charge in [-0.05, 0) is 48.2 Å². The van der Waals surface area contributed by atoms with Crippen molar-refractivity contribution in [3.8, 4) is 0 Å². The molecule has 0 fully saturated rings. The lowest BCUT2D eigenvalue weighted by atomic mass is 10.0. The number of nitrogens with zero attached hydrogens (tertiary/aromatic N) is 1. The van der Waals surface area contributed by atoms with Gasteiger partial charge in [-0.15, -0.1) is 0 Å². The fourth-order valence-corrected chi connectivity index (χ4v) is 4.40. The van der Waals surface area contributed by atoms with E-state index >= 15 is 0 Å². The number of halogens is 1. The second-order valence-electron chi connectivity index (χ2n) is 7.81. The van der Waals surface area contributed by atoms with E-state index in [1.54, 1.807) is 11.1 Å². The molecule has 0 atom stereocenters. The van der Waals surface area contributed by atoms with Crippen LogP contribution in [0.3, 0.4) is 0 Å². The van der Waals surface area contributed by atoms with Crippen molar-refractivity contribution in [3.63, 3.8) is 0 Å². The monoisotopic (exact) mass is 422 g/mol. The molecule has 1 aromatic heterocycles. The average Bonchev–Trinajstić information content (AvgIpc) is 2.99. The lowest BCUT2D eigenvalue weighted by Gasteiger charge is -2.18. The van der Waals surface area contributed by atoms with Gasteiger partial charge in [-0.25, -0.2) is 4.39 Å². The van der Waals surface area contributed by atoms with Crippen LogP contribution in [0.2, 0.25) is 0 Å². The SMILES string of the molecule is CC(C)CSC(=O)C1=CN(C(=O)c2ccc(F)cc2)CCc2c1[nH]c1ccccc21. The quantitative estimate of drug-likeness (QED) is 0.624. The first-order chi connectivity index (χ1) is 14.4. The minimum Gasteiger partial charge on any atom is -0.354 e. The van der Waals surface area contributed by atoms with E-state index in [1.807, 2.05) is 24.3 Å². The molecule has 2 heterocycles. The highest BCUT2D eigenvalue weighted by Crippen LogP contribution is 2.33. The van der Waals surface area contributed by atoms with Crippen LogP contribution in [0.25, 0.3) is 16.5 Å². The van der Waals surface area contributed by atoms with Crippen LogP contribution >= 0.6 is 11.8 Å². The van der Waals surface area contributed by atoms with Crippen LogP contribution in [0.1, 0.15) is 35.5 Å². The zero-order chi connectivity index (χ0) is 21.3. The molecule has 0 unspecified atom stereocenters. The van der Waals surface area contributed by atoms with Gasteiger partial charge in [-0.1, -0.05) is 43.8 Å². The van der Waals surface area contributed by atoms with Crippen LogP contribution in [0, 0.1) is 11.7 Å². The Morgan fingerprint density at radius 1 is 1.13 bits per heavy atom. The number of carbonyl (C=O) groups is 2. The Morgan fingerprint density at radius 3 is 2.60 bits per heavy atom. The highest BCUT2D eigenvalue weighted by molar-refractivity contribution is 8.14. The molecule has 0 radical (unpaired) electrons. The summed E-state index contributed by atoms with van der Waals surface area (Å²) in [6, 6.07) is 13.5. The summed E-state index contributed by atoms with van der Waals surface area (Å²) in [7, 11) is 0. The molecule has 6 heteroatoms. The number of nitrogens with one attached hydrogen (secondary N) is 1. The molecule has 1 N–H and O–H groups in total. The minimum absolute atomic E-state index is 0.0599. The third kappa shape index (κ3) is 4.05. The van der Waals surface area contributed by atoms with Crippen LogP contribution in [0.4, 0.5) is 4.39 Å². The molecule has 4 rings (SSSR count). The maximum atomic E-state index is 13.3. The number of aromatic amines is 1. The van der Waals surface area contributed by atoms with Gasteiger partial charge >= 0.3 is 0 Å². The summed E-state index contributed by atoms with van der Waals surface area (Å²) >= 11 is 1.27. The van der Waals surface area contributed by atoms with E-state index in [1.165, 1.54) is 36.0 Å². The van der Waals surface area contributed by atoms with E-state index in [-0.39, 0.29) is 16.8 Å². The summed E-state index contributed by atoms with van der Waals surface area (Å²) in [6.45, 7) is 4.58. The second-order valence-corrected chi connectivity index (χ2v) is 8.81. The van der Waals surface area contributed by atoms with Crippen molar-refractivity contribution >= 4 is 39.3 Å². The van der Waals surface area contributed by atoms with E-state index < -0.39 is 0 Å². The lowest BCUT2D eigenvalue weighted by molar-refractivity contribution is -0.106. The van der Waals surface area contributed by atoms with Gasteiger partial charge < -0.3 is 9.88 Å². The number of aromatic nitrogens is 1. The molecular formula is C24H23FN2O2S. The largest absolute Gasteiger partial charge is 0.354 e. The average molecular weight is 423 g/mol. The van der Waals surface area contributed by atoms with E-state index in [9.17, 15) is 14.0 Å². The number of hydrogen-bond acceptors (Lipinski definition) is 3. The fourth-order valence-electron chi connectivity index (χ4n) is 3.60. The van der Waals surface area contributed by atoms with E-state index in [0.29, 0.717) is 35.8 Å². The molecule has 3 aromatic rings. The van der Waals surface area contributed by atoms with Gasteiger partial charge in [-0.2, -0.15) is 0 Å². The summed E-state index contributed by atoms with van der Waals surface area (Å²) in [5.41, 5.74) is 3.70. The number of fused-ring (bicyclic) bond motifs is 3. The van der Waals surface area contributed by atoms with Gasteiger partial charge in [-0.3, -0.25) is 9.59 Å². The van der Waals surface area contributed by atoms with Gasteiger partial charge in [0.05, 0.1) is 11.3 Å².